The Morgan fingerprint density at radius 1 is 1.19 bits per heavy atom. The van der Waals surface area contributed by atoms with Crippen molar-refractivity contribution >= 4 is 11.8 Å². The average Bonchev–Trinajstić information content (AvgIpc) is 2.47. The first-order valence-corrected chi connectivity index (χ1v) is 6.90. The summed E-state index contributed by atoms with van der Waals surface area (Å²) in [6, 6.07) is 6.76. The standard InChI is InChI=1S/C15H23N3O3/c1-11-3-5-12(6-4-11)14(16)15(20)18-8-7-13(19)17-9-10-21-2/h3-6,14H,7-10,16H2,1-2H3,(H,17,19)(H,18,20). The molecule has 6 nitrogen and oxygen atoms in total. The molecule has 1 rings (SSSR count). The zero-order valence-electron chi connectivity index (χ0n) is 12.5. The molecule has 0 saturated heterocycles. The van der Waals surface area contributed by atoms with Gasteiger partial charge in [-0.25, -0.2) is 0 Å². The van der Waals surface area contributed by atoms with Crippen LogP contribution in [0.3, 0.4) is 0 Å². The number of benzene rings is 1. The van der Waals surface area contributed by atoms with Crippen LogP contribution in [0.15, 0.2) is 24.3 Å². The van der Waals surface area contributed by atoms with E-state index in [0.717, 1.165) is 11.1 Å². The molecule has 116 valence electrons. The molecule has 1 aromatic rings. The number of rotatable bonds is 8. The number of carbonyl (C=O) groups is 2. The van der Waals surface area contributed by atoms with Crippen LogP contribution in [0.25, 0.3) is 0 Å². The molecule has 0 fully saturated rings. The number of ether oxygens (including phenoxy) is 1. The van der Waals surface area contributed by atoms with E-state index in [-0.39, 0.29) is 24.8 Å². The van der Waals surface area contributed by atoms with Crippen LogP contribution in [0.2, 0.25) is 0 Å². The normalized spacial score (nSPS) is 11.8. The van der Waals surface area contributed by atoms with Crippen molar-refractivity contribution in [3.63, 3.8) is 0 Å². The van der Waals surface area contributed by atoms with Crippen molar-refractivity contribution in [1.82, 2.24) is 10.6 Å². The molecular weight excluding hydrogens is 270 g/mol. The molecule has 0 heterocycles. The Morgan fingerprint density at radius 2 is 1.86 bits per heavy atom. The Balaban J connectivity index is 2.30. The van der Waals surface area contributed by atoms with E-state index in [4.69, 9.17) is 10.5 Å². The number of aryl methyl sites for hydroxylation is 1. The number of nitrogens with one attached hydrogen (secondary N) is 2. The molecule has 0 aliphatic rings. The third-order valence-electron chi connectivity index (χ3n) is 3.00. The SMILES string of the molecule is COCCNC(=O)CCNC(=O)C(N)c1ccc(C)cc1. The highest BCUT2D eigenvalue weighted by molar-refractivity contribution is 5.83. The van der Waals surface area contributed by atoms with E-state index in [1.165, 1.54) is 0 Å². The molecule has 1 aromatic carbocycles. The van der Waals surface area contributed by atoms with Gasteiger partial charge < -0.3 is 21.1 Å². The van der Waals surface area contributed by atoms with Crippen LogP contribution in [0.4, 0.5) is 0 Å². The lowest BCUT2D eigenvalue weighted by Crippen LogP contribution is -2.37. The first-order chi connectivity index (χ1) is 10.0. The molecule has 1 atom stereocenters. The second-order valence-corrected chi connectivity index (χ2v) is 4.77. The quantitative estimate of drug-likeness (QED) is 0.600. The van der Waals surface area contributed by atoms with Gasteiger partial charge in [-0.15, -0.1) is 0 Å². The highest BCUT2D eigenvalue weighted by atomic mass is 16.5. The Labute approximate surface area is 125 Å². The number of amides is 2. The summed E-state index contributed by atoms with van der Waals surface area (Å²) in [5.74, 6) is -0.417. The van der Waals surface area contributed by atoms with E-state index in [9.17, 15) is 9.59 Å². The molecule has 0 spiro atoms. The molecule has 6 heteroatoms. The minimum atomic E-state index is -0.720. The second kappa shape index (κ2) is 9.10. The smallest absolute Gasteiger partial charge is 0.241 e. The van der Waals surface area contributed by atoms with Gasteiger partial charge in [-0.2, -0.15) is 0 Å². The van der Waals surface area contributed by atoms with E-state index in [1.54, 1.807) is 7.11 Å². The van der Waals surface area contributed by atoms with Crippen LogP contribution in [0.1, 0.15) is 23.6 Å². The number of carbonyl (C=O) groups excluding carboxylic acids is 2. The van der Waals surface area contributed by atoms with Crippen molar-refractivity contribution in [3.05, 3.63) is 35.4 Å². The van der Waals surface area contributed by atoms with Gasteiger partial charge in [-0.1, -0.05) is 29.8 Å². The fourth-order valence-corrected chi connectivity index (χ4v) is 1.72. The van der Waals surface area contributed by atoms with Crippen LogP contribution >= 0.6 is 0 Å². The van der Waals surface area contributed by atoms with Gasteiger partial charge in [0.15, 0.2) is 0 Å². The largest absolute Gasteiger partial charge is 0.383 e. The van der Waals surface area contributed by atoms with Crippen molar-refractivity contribution in [2.45, 2.75) is 19.4 Å². The fraction of sp³-hybridized carbons (Fsp3) is 0.467. The van der Waals surface area contributed by atoms with Gasteiger partial charge in [0.25, 0.3) is 0 Å². The van der Waals surface area contributed by atoms with Gasteiger partial charge >= 0.3 is 0 Å². The Morgan fingerprint density at radius 3 is 2.48 bits per heavy atom. The maximum atomic E-state index is 11.9. The van der Waals surface area contributed by atoms with Crippen LogP contribution in [-0.4, -0.2) is 38.6 Å². The van der Waals surface area contributed by atoms with Gasteiger partial charge in [0, 0.05) is 26.6 Å². The average molecular weight is 293 g/mol. The summed E-state index contributed by atoms with van der Waals surface area (Å²) in [7, 11) is 1.57. The maximum Gasteiger partial charge on any atom is 0.241 e. The molecule has 0 bridgehead atoms. The zero-order chi connectivity index (χ0) is 15.7. The van der Waals surface area contributed by atoms with E-state index >= 15 is 0 Å². The Hall–Kier alpha value is -1.92. The van der Waals surface area contributed by atoms with Crippen molar-refractivity contribution in [2.75, 3.05) is 26.8 Å². The highest BCUT2D eigenvalue weighted by Crippen LogP contribution is 2.11. The van der Waals surface area contributed by atoms with Crippen LogP contribution < -0.4 is 16.4 Å². The second-order valence-electron chi connectivity index (χ2n) is 4.77. The summed E-state index contributed by atoms with van der Waals surface area (Å²) in [4.78, 5) is 23.3. The summed E-state index contributed by atoms with van der Waals surface area (Å²) in [5, 5.41) is 5.34. The first kappa shape index (κ1) is 17.1. The molecule has 0 radical (unpaired) electrons. The summed E-state index contributed by atoms with van der Waals surface area (Å²) < 4.78 is 4.82. The van der Waals surface area contributed by atoms with Crippen LogP contribution in [0, 0.1) is 6.92 Å². The lowest BCUT2D eigenvalue weighted by atomic mass is 10.1. The Kier molecular flexibility index (Phi) is 7.42. The zero-order valence-corrected chi connectivity index (χ0v) is 12.5. The van der Waals surface area contributed by atoms with Gasteiger partial charge in [-0.3, -0.25) is 9.59 Å². The third kappa shape index (κ3) is 6.37. The molecule has 21 heavy (non-hydrogen) atoms. The molecule has 0 saturated carbocycles. The van der Waals surface area contributed by atoms with E-state index in [2.05, 4.69) is 10.6 Å². The van der Waals surface area contributed by atoms with E-state index < -0.39 is 6.04 Å². The number of hydrogen-bond donors (Lipinski definition) is 3. The third-order valence-corrected chi connectivity index (χ3v) is 3.00. The summed E-state index contributed by atoms with van der Waals surface area (Å²) in [6.45, 7) is 3.16. The lowest BCUT2D eigenvalue weighted by Gasteiger charge is -2.13. The summed E-state index contributed by atoms with van der Waals surface area (Å²) in [6.07, 6.45) is 0.218. The van der Waals surface area contributed by atoms with Crippen LogP contribution in [0.5, 0.6) is 0 Å². The molecule has 0 aromatic heterocycles. The van der Waals surface area contributed by atoms with Crippen molar-refractivity contribution < 1.29 is 14.3 Å². The summed E-state index contributed by atoms with van der Waals surface area (Å²) in [5.41, 5.74) is 7.74. The minimum absolute atomic E-state index is 0.128. The molecule has 1 unspecified atom stereocenters. The molecule has 2 amide bonds. The van der Waals surface area contributed by atoms with Crippen molar-refractivity contribution in [2.24, 2.45) is 5.73 Å². The van der Waals surface area contributed by atoms with Gasteiger partial charge in [0.05, 0.1) is 6.61 Å². The predicted molar refractivity (Wildman–Crippen MR) is 80.6 cm³/mol. The maximum absolute atomic E-state index is 11.9. The minimum Gasteiger partial charge on any atom is -0.383 e. The van der Waals surface area contributed by atoms with Crippen molar-refractivity contribution in [3.8, 4) is 0 Å². The summed E-state index contributed by atoms with van der Waals surface area (Å²) >= 11 is 0. The van der Waals surface area contributed by atoms with Gasteiger partial charge in [0.1, 0.15) is 6.04 Å². The molecular formula is C15H23N3O3. The monoisotopic (exact) mass is 293 g/mol. The number of nitrogens with two attached hydrogens (primary N) is 1. The van der Waals surface area contributed by atoms with Crippen LogP contribution in [-0.2, 0) is 14.3 Å². The van der Waals surface area contributed by atoms with E-state index in [1.807, 2.05) is 31.2 Å². The molecule has 0 aliphatic heterocycles. The number of hydrogen-bond acceptors (Lipinski definition) is 4. The van der Waals surface area contributed by atoms with E-state index in [0.29, 0.717) is 13.2 Å². The molecule has 4 N–H and O–H groups in total. The van der Waals surface area contributed by atoms with Gasteiger partial charge in [0.2, 0.25) is 11.8 Å². The predicted octanol–water partition coefficient (Wildman–Crippen LogP) is 0.264. The van der Waals surface area contributed by atoms with Crippen molar-refractivity contribution in [1.29, 1.82) is 0 Å². The highest BCUT2D eigenvalue weighted by Gasteiger charge is 2.15. The lowest BCUT2D eigenvalue weighted by molar-refractivity contribution is -0.123. The van der Waals surface area contributed by atoms with Gasteiger partial charge in [-0.05, 0) is 12.5 Å². The Bertz CT molecular complexity index is 460. The first-order valence-electron chi connectivity index (χ1n) is 6.90. The number of methoxy groups -OCH3 is 1. The fourth-order valence-electron chi connectivity index (χ4n) is 1.72. The topological polar surface area (TPSA) is 93.5 Å². The molecule has 0 aliphatic carbocycles.